The lowest BCUT2D eigenvalue weighted by Gasteiger charge is -2.41. The molecular weight excluding hydrogens is 310 g/mol. The Morgan fingerprint density at radius 2 is 2.16 bits per heavy atom. The smallest absolute Gasteiger partial charge is 0.101 e. The van der Waals surface area contributed by atoms with E-state index in [1.165, 1.54) is 25.2 Å². The van der Waals surface area contributed by atoms with Crippen molar-refractivity contribution in [1.29, 1.82) is 5.26 Å². The second-order valence-corrected chi connectivity index (χ2v) is 7.57. The molecule has 1 aromatic carbocycles. The van der Waals surface area contributed by atoms with E-state index in [4.69, 9.17) is 0 Å². The van der Waals surface area contributed by atoms with Crippen molar-refractivity contribution >= 4 is 16.6 Å². The summed E-state index contributed by atoms with van der Waals surface area (Å²) in [5.74, 6) is 1.64. The number of anilines is 1. The van der Waals surface area contributed by atoms with Gasteiger partial charge in [0.2, 0.25) is 0 Å². The van der Waals surface area contributed by atoms with Gasteiger partial charge in [-0.15, -0.1) is 0 Å². The summed E-state index contributed by atoms with van der Waals surface area (Å²) in [6.45, 7) is 6.89. The molecule has 4 heterocycles. The topological polar surface area (TPSA) is 55.2 Å². The number of piperidine rings is 1. The van der Waals surface area contributed by atoms with Crippen LogP contribution in [0.3, 0.4) is 0 Å². The number of hydrogen-bond donors (Lipinski definition) is 1. The maximum absolute atomic E-state index is 9.37. The Balaban J connectivity index is 1.49. The van der Waals surface area contributed by atoms with E-state index in [0.717, 1.165) is 48.9 Å². The van der Waals surface area contributed by atoms with Crippen molar-refractivity contribution in [2.45, 2.75) is 12.5 Å². The van der Waals surface area contributed by atoms with Crippen molar-refractivity contribution in [3.8, 4) is 6.07 Å². The summed E-state index contributed by atoms with van der Waals surface area (Å²) >= 11 is 0. The van der Waals surface area contributed by atoms with Crippen molar-refractivity contribution in [1.82, 2.24) is 15.2 Å². The minimum Gasteiger partial charge on any atom is -0.368 e. The fourth-order valence-corrected chi connectivity index (χ4v) is 5.14. The molecular formula is C20H23N5. The monoisotopic (exact) mass is 333 g/mol. The number of nitriles is 1. The molecule has 5 heteroatoms. The van der Waals surface area contributed by atoms with Gasteiger partial charge in [-0.1, -0.05) is 0 Å². The summed E-state index contributed by atoms with van der Waals surface area (Å²) in [5, 5.41) is 14.1. The first-order valence-corrected chi connectivity index (χ1v) is 9.32. The fourth-order valence-electron chi connectivity index (χ4n) is 5.14. The molecule has 3 aliphatic heterocycles. The molecule has 3 fully saturated rings. The second-order valence-electron chi connectivity index (χ2n) is 7.57. The number of hydrogen-bond acceptors (Lipinski definition) is 5. The van der Waals surface area contributed by atoms with Crippen LogP contribution < -0.4 is 10.2 Å². The summed E-state index contributed by atoms with van der Waals surface area (Å²) in [5.41, 5.74) is 2.72. The molecule has 1 aromatic heterocycles. The van der Waals surface area contributed by atoms with Crippen LogP contribution in [0.2, 0.25) is 0 Å². The molecule has 0 bridgehead atoms. The Bertz CT molecular complexity index is 842. The van der Waals surface area contributed by atoms with Crippen molar-refractivity contribution in [3.63, 3.8) is 0 Å². The normalized spacial score (nSPS) is 29.2. The van der Waals surface area contributed by atoms with Crippen LogP contribution in [0, 0.1) is 23.2 Å². The van der Waals surface area contributed by atoms with Gasteiger partial charge in [-0.2, -0.15) is 5.26 Å². The predicted octanol–water partition coefficient (Wildman–Crippen LogP) is 1.84. The lowest BCUT2D eigenvalue weighted by Crippen LogP contribution is -2.53. The fraction of sp³-hybridized carbons (Fsp3) is 0.500. The number of rotatable bonds is 1. The van der Waals surface area contributed by atoms with Gasteiger partial charge in [-0.3, -0.25) is 9.88 Å². The third-order valence-electron chi connectivity index (χ3n) is 6.38. The first kappa shape index (κ1) is 15.1. The van der Waals surface area contributed by atoms with Gasteiger partial charge in [-0.05, 0) is 55.6 Å². The van der Waals surface area contributed by atoms with Crippen LogP contribution in [0.25, 0.3) is 10.9 Å². The third-order valence-corrected chi connectivity index (χ3v) is 6.38. The number of nitrogens with zero attached hydrogens (tertiary/aromatic N) is 4. The highest BCUT2D eigenvalue weighted by Gasteiger charge is 2.44. The van der Waals surface area contributed by atoms with Gasteiger partial charge in [0.25, 0.3) is 0 Å². The number of benzene rings is 1. The van der Waals surface area contributed by atoms with Crippen LogP contribution in [0.4, 0.5) is 5.69 Å². The largest absolute Gasteiger partial charge is 0.368 e. The van der Waals surface area contributed by atoms with Gasteiger partial charge < -0.3 is 10.2 Å². The molecule has 3 atom stereocenters. The number of aromatic nitrogens is 1. The third kappa shape index (κ3) is 2.40. The van der Waals surface area contributed by atoms with E-state index < -0.39 is 0 Å². The highest BCUT2D eigenvalue weighted by atomic mass is 15.3. The molecule has 0 radical (unpaired) electrons. The van der Waals surface area contributed by atoms with Gasteiger partial charge in [0.05, 0.1) is 11.1 Å². The van der Waals surface area contributed by atoms with E-state index in [1.54, 1.807) is 6.20 Å². The SMILES string of the molecule is N#Cc1ccc(N2CCN3CC4CCNCC4C3C2)c2cccnc12. The van der Waals surface area contributed by atoms with E-state index in [1.807, 2.05) is 12.1 Å². The lowest BCUT2D eigenvalue weighted by molar-refractivity contribution is 0.198. The van der Waals surface area contributed by atoms with E-state index >= 15 is 0 Å². The Labute approximate surface area is 148 Å². The molecule has 2 aromatic rings. The molecule has 128 valence electrons. The minimum absolute atomic E-state index is 0.647. The molecule has 5 nitrogen and oxygen atoms in total. The zero-order chi connectivity index (χ0) is 16.8. The molecule has 3 aliphatic rings. The van der Waals surface area contributed by atoms with Gasteiger partial charge in [0, 0.05) is 49.5 Å². The lowest BCUT2D eigenvalue weighted by atomic mass is 9.85. The Morgan fingerprint density at radius 3 is 3.08 bits per heavy atom. The van der Waals surface area contributed by atoms with Gasteiger partial charge in [-0.25, -0.2) is 0 Å². The molecule has 0 saturated carbocycles. The highest BCUT2D eigenvalue weighted by molar-refractivity contribution is 5.95. The van der Waals surface area contributed by atoms with Crippen molar-refractivity contribution in [2.24, 2.45) is 11.8 Å². The molecule has 25 heavy (non-hydrogen) atoms. The molecule has 0 amide bonds. The summed E-state index contributed by atoms with van der Waals surface area (Å²) in [6.07, 6.45) is 3.10. The number of nitrogens with one attached hydrogen (secondary N) is 1. The second kappa shape index (κ2) is 5.98. The molecule has 3 unspecified atom stereocenters. The standard InChI is InChI=1S/C20H23N5/c21-10-14-3-4-18(16-2-1-6-23-20(14)16)25-9-8-24-12-15-5-7-22-11-17(15)19(24)13-25/h1-4,6,15,17,19,22H,5,7-9,11-13H2. The molecule has 5 rings (SSSR count). The van der Waals surface area contributed by atoms with Crippen LogP contribution in [0.1, 0.15) is 12.0 Å². The highest BCUT2D eigenvalue weighted by Crippen LogP contribution is 2.38. The summed E-state index contributed by atoms with van der Waals surface area (Å²) in [4.78, 5) is 9.70. The number of fused-ring (bicyclic) bond motifs is 4. The van der Waals surface area contributed by atoms with Crippen molar-refractivity contribution < 1.29 is 0 Å². The van der Waals surface area contributed by atoms with E-state index in [9.17, 15) is 5.26 Å². The molecule has 0 spiro atoms. The van der Waals surface area contributed by atoms with Gasteiger partial charge >= 0.3 is 0 Å². The maximum atomic E-state index is 9.37. The van der Waals surface area contributed by atoms with Crippen LogP contribution in [0.5, 0.6) is 0 Å². The van der Waals surface area contributed by atoms with E-state index in [0.29, 0.717) is 11.6 Å². The maximum Gasteiger partial charge on any atom is 0.101 e. The van der Waals surface area contributed by atoms with Gasteiger partial charge in [0.1, 0.15) is 6.07 Å². The number of pyridine rings is 1. The van der Waals surface area contributed by atoms with Crippen LogP contribution in [0.15, 0.2) is 30.5 Å². The first-order valence-electron chi connectivity index (χ1n) is 9.32. The van der Waals surface area contributed by atoms with Crippen LogP contribution in [-0.2, 0) is 0 Å². The summed E-state index contributed by atoms with van der Waals surface area (Å²) < 4.78 is 0. The molecule has 1 N–H and O–H groups in total. The van der Waals surface area contributed by atoms with Crippen LogP contribution in [-0.4, -0.2) is 55.2 Å². The van der Waals surface area contributed by atoms with Crippen LogP contribution >= 0.6 is 0 Å². The Morgan fingerprint density at radius 1 is 1.20 bits per heavy atom. The zero-order valence-electron chi connectivity index (χ0n) is 14.4. The predicted molar refractivity (Wildman–Crippen MR) is 98.5 cm³/mol. The van der Waals surface area contributed by atoms with E-state index in [-0.39, 0.29) is 0 Å². The Hall–Kier alpha value is -2.16. The van der Waals surface area contributed by atoms with Crippen molar-refractivity contribution in [3.05, 3.63) is 36.0 Å². The van der Waals surface area contributed by atoms with E-state index in [2.05, 4.69) is 38.3 Å². The minimum atomic E-state index is 0.647. The average Bonchev–Trinajstić information content (AvgIpc) is 3.05. The average molecular weight is 333 g/mol. The first-order chi connectivity index (χ1) is 12.3. The number of piperazine rings is 1. The Kier molecular flexibility index (Phi) is 3.61. The zero-order valence-corrected chi connectivity index (χ0v) is 14.4. The quantitative estimate of drug-likeness (QED) is 0.863. The molecule has 0 aliphatic carbocycles. The van der Waals surface area contributed by atoms with Gasteiger partial charge in [0.15, 0.2) is 0 Å². The molecule has 3 saturated heterocycles. The summed E-state index contributed by atoms with van der Waals surface area (Å²) in [7, 11) is 0. The van der Waals surface area contributed by atoms with Crippen molar-refractivity contribution in [2.75, 3.05) is 44.2 Å². The summed E-state index contributed by atoms with van der Waals surface area (Å²) in [6, 6.07) is 11.0.